The van der Waals surface area contributed by atoms with Gasteiger partial charge in [-0.15, -0.1) is 0 Å². The Morgan fingerprint density at radius 3 is 2.40 bits per heavy atom. The summed E-state index contributed by atoms with van der Waals surface area (Å²) in [6.45, 7) is 1.21. The van der Waals surface area contributed by atoms with Crippen molar-refractivity contribution in [3.05, 3.63) is 42.5 Å². The molecule has 3 rings (SSSR count). The second kappa shape index (κ2) is 7.62. The minimum Gasteiger partial charge on any atom is -0.497 e. The molecule has 2 aromatic rings. The number of nitrogens with one attached hydrogen (secondary N) is 1. The number of ether oxygens (including phenoxy) is 4. The Bertz CT molecular complexity index is 820. The quantitative estimate of drug-likeness (QED) is 0.754. The van der Waals surface area contributed by atoms with E-state index in [4.69, 9.17) is 18.9 Å². The molecule has 0 unspecified atom stereocenters. The van der Waals surface area contributed by atoms with Crippen LogP contribution in [0.2, 0.25) is 0 Å². The van der Waals surface area contributed by atoms with Crippen molar-refractivity contribution >= 4 is 10.0 Å². The first-order valence-electron chi connectivity index (χ1n) is 7.75. The minimum absolute atomic E-state index is 0.126. The molecule has 0 radical (unpaired) electrons. The van der Waals surface area contributed by atoms with Crippen molar-refractivity contribution in [3.8, 4) is 23.0 Å². The summed E-state index contributed by atoms with van der Waals surface area (Å²) in [5.41, 5.74) is 0. The molecule has 0 spiro atoms. The average molecular weight is 365 g/mol. The largest absolute Gasteiger partial charge is 0.497 e. The molecule has 25 heavy (non-hydrogen) atoms. The molecule has 0 aromatic heterocycles. The fourth-order valence-electron chi connectivity index (χ4n) is 2.29. The highest BCUT2D eigenvalue weighted by Gasteiger charge is 2.19. The van der Waals surface area contributed by atoms with E-state index in [1.807, 2.05) is 0 Å². The van der Waals surface area contributed by atoms with Gasteiger partial charge in [-0.2, -0.15) is 0 Å². The Morgan fingerprint density at radius 1 is 1.00 bits per heavy atom. The number of hydrogen-bond acceptors (Lipinski definition) is 6. The summed E-state index contributed by atoms with van der Waals surface area (Å²) in [7, 11) is -2.06. The molecule has 0 fully saturated rings. The van der Waals surface area contributed by atoms with Crippen LogP contribution < -0.4 is 23.7 Å². The van der Waals surface area contributed by atoms with Gasteiger partial charge in [-0.05, 0) is 36.4 Å². The van der Waals surface area contributed by atoms with E-state index in [9.17, 15) is 8.42 Å². The van der Waals surface area contributed by atoms with Gasteiger partial charge in [0.1, 0.15) is 31.3 Å². The van der Waals surface area contributed by atoms with Crippen LogP contribution in [0.4, 0.5) is 0 Å². The lowest BCUT2D eigenvalue weighted by Crippen LogP contribution is -2.28. The SMILES string of the molecule is COc1ccc(OCCNS(=O)(=O)c2ccc3c(c2)OCCO3)cc1. The van der Waals surface area contributed by atoms with Crippen molar-refractivity contribution in [2.45, 2.75) is 4.90 Å². The predicted octanol–water partition coefficient (Wildman–Crippen LogP) is 1.82. The van der Waals surface area contributed by atoms with Gasteiger partial charge in [-0.3, -0.25) is 0 Å². The maximum Gasteiger partial charge on any atom is 0.240 e. The summed E-state index contributed by atoms with van der Waals surface area (Å²) in [5, 5.41) is 0. The number of rotatable bonds is 7. The van der Waals surface area contributed by atoms with E-state index < -0.39 is 10.0 Å². The zero-order valence-corrected chi connectivity index (χ0v) is 14.5. The van der Waals surface area contributed by atoms with Crippen molar-refractivity contribution in [1.82, 2.24) is 4.72 Å². The number of benzene rings is 2. The van der Waals surface area contributed by atoms with Gasteiger partial charge < -0.3 is 18.9 Å². The molecule has 0 amide bonds. The standard InChI is InChI=1S/C17H19NO6S/c1-21-13-2-4-14(5-3-13)22-9-8-18-25(19,20)15-6-7-16-17(12-15)24-11-10-23-16/h2-7,12,18H,8-11H2,1H3. The van der Waals surface area contributed by atoms with Crippen LogP contribution in [0.25, 0.3) is 0 Å². The predicted molar refractivity (Wildman–Crippen MR) is 91.1 cm³/mol. The molecule has 2 aromatic carbocycles. The zero-order valence-electron chi connectivity index (χ0n) is 13.7. The molecule has 0 bridgehead atoms. The van der Waals surface area contributed by atoms with Gasteiger partial charge in [0.05, 0.1) is 12.0 Å². The zero-order chi connectivity index (χ0) is 17.7. The second-order valence-corrected chi connectivity index (χ2v) is 6.99. The molecule has 1 aliphatic rings. The fourth-order valence-corrected chi connectivity index (χ4v) is 3.32. The van der Waals surface area contributed by atoms with Gasteiger partial charge in [-0.25, -0.2) is 13.1 Å². The first-order valence-corrected chi connectivity index (χ1v) is 9.23. The van der Waals surface area contributed by atoms with Crippen LogP contribution >= 0.6 is 0 Å². The lowest BCUT2D eigenvalue weighted by atomic mass is 10.3. The van der Waals surface area contributed by atoms with E-state index >= 15 is 0 Å². The number of fused-ring (bicyclic) bond motifs is 1. The van der Waals surface area contributed by atoms with Gasteiger partial charge in [0.2, 0.25) is 10.0 Å². The van der Waals surface area contributed by atoms with Gasteiger partial charge in [0, 0.05) is 12.6 Å². The van der Waals surface area contributed by atoms with Gasteiger partial charge >= 0.3 is 0 Å². The molecular weight excluding hydrogens is 346 g/mol. The van der Waals surface area contributed by atoms with Crippen LogP contribution in [0.3, 0.4) is 0 Å². The Labute approximate surface area is 146 Å². The monoisotopic (exact) mass is 365 g/mol. The minimum atomic E-state index is -3.64. The fraction of sp³-hybridized carbons (Fsp3) is 0.294. The third-order valence-corrected chi connectivity index (χ3v) is 5.00. The first-order chi connectivity index (χ1) is 12.1. The lowest BCUT2D eigenvalue weighted by molar-refractivity contribution is 0.171. The number of sulfonamides is 1. The molecule has 0 atom stereocenters. The molecule has 7 nitrogen and oxygen atoms in total. The number of hydrogen-bond donors (Lipinski definition) is 1. The topological polar surface area (TPSA) is 83.1 Å². The molecule has 1 aliphatic heterocycles. The van der Waals surface area contributed by atoms with Crippen LogP contribution in [0, 0.1) is 0 Å². The highest BCUT2D eigenvalue weighted by molar-refractivity contribution is 7.89. The Morgan fingerprint density at radius 2 is 1.68 bits per heavy atom. The molecule has 0 aliphatic carbocycles. The van der Waals surface area contributed by atoms with Crippen LogP contribution in [-0.2, 0) is 10.0 Å². The van der Waals surface area contributed by atoms with Crippen molar-refractivity contribution in [1.29, 1.82) is 0 Å². The Hall–Kier alpha value is -2.45. The maximum absolute atomic E-state index is 12.3. The van der Waals surface area contributed by atoms with Crippen LogP contribution in [-0.4, -0.2) is 41.9 Å². The van der Waals surface area contributed by atoms with E-state index in [0.29, 0.717) is 30.5 Å². The molecule has 0 saturated heterocycles. The first kappa shape index (κ1) is 17.4. The highest BCUT2D eigenvalue weighted by Crippen LogP contribution is 2.32. The highest BCUT2D eigenvalue weighted by atomic mass is 32.2. The second-order valence-electron chi connectivity index (χ2n) is 5.23. The van der Waals surface area contributed by atoms with E-state index in [1.54, 1.807) is 37.4 Å². The van der Waals surface area contributed by atoms with E-state index in [-0.39, 0.29) is 18.0 Å². The molecule has 8 heteroatoms. The molecule has 134 valence electrons. The summed E-state index contributed by atoms with van der Waals surface area (Å²) in [5.74, 6) is 2.35. The number of methoxy groups -OCH3 is 1. The summed E-state index contributed by atoms with van der Waals surface area (Å²) in [6.07, 6.45) is 0. The molecular formula is C17H19NO6S. The molecule has 0 saturated carbocycles. The summed E-state index contributed by atoms with van der Waals surface area (Å²) >= 11 is 0. The van der Waals surface area contributed by atoms with Crippen LogP contribution in [0.5, 0.6) is 23.0 Å². The third kappa shape index (κ3) is 4.34. The lowest BCUT2D eigenvalue weighted by Gasteiger charge is -2.19. The molecule has 1 heterocycles. The summed E-state index contributed by atoms with van der Waals surface area (Å²) < 4.78 is 48.5. The van der Waals surface area contributed by atoms with Crippen LogP contribution in [0.15, 0.2) is 47.4 Å². The smallest absolute Gasteiger partial charge is 0.240 e. The molecule has 1 N–H and O–H groups in total. The van der Waals surface area contributed by atoms with Gasteiger partial charge in [-0.1, -0.05) is 0 Å². The average Bonchev–Trinajstić information content (AvgIpc) is 2.65. The van der Waals surface area contributed by atoms with Crippen molar-refractivity contribution in [3.63, 3.8) is 0 Å². The van der Waals surface area contributed by atoms with Crippen molar-refractivity contribution < 1.29 is 27.4 Å². The summed E-state index contributed by atoms with van der Waals surface area (Å²) in [4.78, 5) is 0.126. The normalized spacial score (nSPS) is 13.3. The van der Waals surface area contributed by atoms with E-state index in [1.165, 1.54) is 12.1 Å². The Kier molecular flexibility index (Phi) is 5.30. The van der Waals surface area contributed by atoms with Crippen molar-refractivity contribution in [2.24, 2.45) is 0 Å². The van der Waals surface area contributed by atoms with E-state index in [2.05, 4.69) is 4.72 Å². The van der Waals surface area contributed by atoms with E-state index in [0.717, 1.165) is 5.75 Å². The third-order valence-electron chi connectivity index (χ3n) is 3.55. The van der Waals surface area contributed by atoms with Gasteiger partial charge in [0.15, 0.2) is 11.5 Å². The van der Waals surface area contributed by atoms with Crippen LogP contribution in [0.1, 0.15) is 0 Å². The van der Waals surface area contributed by atoms with Gasteiger partial charge in [0.25, 0.3) is 0 Å². The van der Waals surface area contributed by atoms with Crippen molar-refractivity contribution in [2.75, 3.05) is 33.5 Å². The maximum atomic E-state index is 12.3. The summed E-state index contributed by atoms with van der Waals surface area (Å²) in [6, 6.07) is 11.6. The Balaban J connectivity index is 1.54.